The lowest BCUT2D eigenvalue weighted by molar-refractivity contribution is 0.100. The predicted octanol–water partition coefficient (Wildman–Crippen LogP) is 2.81. The molecule has 110 valence electrons. The van der Waals surface area contributed by atoms with Gasteiger partial charge in [0.25, 0.3) is 0 Å². The molecule has 0 heterocycles. The predicted molar refractivity (Wildman–Crippen MR) is 89.3 cm³/mol. The summed E-state index contributed by atoms with van der Waals surface area (Å²) in [6.07, 6.45) is 0. The van der Waals surface area contributed by atoms with Crippen LogP contribution >= 0.6 is 11.8 Å². The van der Waals surface area contributed by atoms with Crippen molar-refractivity contribution >= 4 is 17.7 Å². The lowest BCUT2D eigenvalue weighted by Crippen LogP contribution is -2.17. The average Bonchev–Trinajstić information content (AvgIpc) is 2.52. The first-order valence-corrected chi connectivity index (χ1v) is 8.12. The van der Waals surface area contributed by atoms with E-state index in [9.17, 15) is 4.79 Å². The lowest BCUT2D eigenvalue weighted by atomic mass is 10.1. The van der Waals surface area contributed by atoms with E-state index in [1.807, 2.05) is 30.0 Å². The molecule has 21 heavy (non-hydrogen) atoms. The van der Waals surface area contributed by atoms with E-state index >= 15 is 0 Å². The SMILES string of the molecule is NC(=O)c1ccc(CNCCSCc2ccccc2)cc1. The maximum atomic E-state index is 11.0. The Balaban J connectivity index is 1.60. The zero-order valence-electron chi connectivity index (χ0n) is 11.9. The summed E-state index contributed by atoms with van der Waals surface area (Å²) in [6.45, 7) is 1.78. The molecule has 0 aliphatic rings. The number of thioether (sulfide) groups is 1. The van der Waals surface area contributed by atoms with Crippen LogP contribution in [0.15, 0.2) is 54.6 Å². The van der Waals surface area contributed by atoms with Crippen molar-refractivity contribution < 1.29 is 4.79 Å². The van der Waals surface area contributed by atoms with Crippen LogP contribution in [-0.4, -0.2) is 18.2 Å². The highest BCUT2D eigenvalue weighted by atomic mass is 32.2. The molecule has 0 aliphatic heterocycles. The molecular weight excluding hydrogens is 280 g/mol. The lowest BCUT2D eigenvalue weighted by Gasteiger charge is -2.06. The van der Waals surface area contributed by atoms with Gasteiger partial charge in [0.1, 0.15) is 0 Å². The minimum Gasteiger partial charge on any atom is -0.366 e. The summed E-state index contributed by atoms with van der Waals surface area (Å²) in [5.74, 6) is 1.75. The van der Waals surface area contributed by atoms with E-state index < -0.39 is 0 Å². The Hall–Kier alpha value is -1.78. The minimum atomic E-state index is -0.383. The van der Waals surface area contributed by atoms with Gasteiger partial charge >= 0.3 is 0 Å². The van der Waals surface area contributed by atoms with Crippen LogP contribution in [-0.2, 0) is 12.3 Å². The fourth-order valence-corrected chi connectivity index (χ4v) is 2.79. The minimum absolute atomic E-state index is 0.383. The first kappa shape index (κ1) is 15.6. The van der Waals surface area contributed by atoms with Gasteiger partial charge in [0.2, 0.25) is 5.91 Å². The van der Waals surface area contributed by atoms with Gasteiger partial charge in [0.05, 0.1) is 0 Å². The summed E-state index contributed by atoms with van der Waals surface area (Å²) in [6, 6.07) is 17.9. The summed E-state index contributed by atoms with van der Waals surface area (Å²) in [5, 5.41) is 3.40. The molecule has 1 amide bonds. The van der Waals surface area contributed by atoms with Crippen molar-refractivity contribution in [3.8, 4) is 0 Å². The molecule has 0 aliphatic carbocycles. The van der Waals surface area contributed by atoms with Gasteiger partial charge in [-0.25, -0.2) is 0 Å². The number of rotatable bonds is 8. The van der Waals surface area contributed by atoms with Crippen molar-refractivity contribution in [1.82, 2.24) is 5.32 Å². The van der Waals surface area contributed by atoms with Crippen LogP contribution in [0.1, 0.15) is 21.5 Å². The Bertz CT molecular complexity index is 555. The molecule has 2 aromatic rings. The summed E-state index contributed by atoms with van der Waals surface area (Å²) in [5.41, 5.74) is 8.29. The maximum Gasteiger partial charge on any atom is 0.248 e. The standard InChI is InChI=1S/C17H20N2OS/c18-17(20)16-8-6-14(7-9-16)12-19-10-11-21-13-15-4-2-1-3-5-15/h1-9,19H,10-13H2,(H2,18,20). The third-order valence-corrected chi connectivity index (χ3v) is 4.13. The molecule has 3 nitrogen and oxygen atoms in total. The number of nitrogens with two attached hydrogens (primary N) is 1. The van der Waals surface area contributed by atoms with E-state index in [0.717, 1.165) is 30.2 Å². The summed E-state index contributed by atoms with van der Waals surface area (Å²) >= 11 is 1.92. The van der Waals surface area contributed by atoms with Crippen LogP contribution < -0.4 is 11.1 Å². The zero-order chi connectivity index (χ0) is 14.9. The largest absolute Gasteiger partial charge is 0.366 e. The van der Waals surface area contributed by atoms with Gasteiger partial charge in [-0.2, -0.15) is 11.8 Å². The highest BCUT2D eigenvalue weighted by Crippen LogP contribution is 2.10. The number of nitrogens with one attached hydrogen (secondary N) is 1. The molecule has 2 rings (SSSR count). The van der Waals surface area contributed by atoms with Crippen LogP contribution in [0.5, 0.6) is 0 Å². The van der Waals surface area contributed by atoms with Gasteiger partial charge in [0, 0.05) is 30.2 Å². The first-order chi connectivity index (χ1) is 10.3. The van der Waals surface area contributed by atoms with Crippen molar-refractivity contribution in [3.05, 3.63) is 71.3 Å². The van der Waals surface area contributed by atoms with Gasteiger partial charge in [-0.15, -0.1) is 0 Å². The third kappa shape index (κ3) is 5.61. The molecule has 2 aromatic carbocycles. The van der Waals surface area contributed by atoms with Crippen LogP contribution in [0.2, 0.25) is 0 Å². The Morgan fingerprint density at radius 2 is 1.71 bits per heavy atom. The fraction of sp³-hybridized carbons (Fsp3) is 0.235. The first-order valence-electron chi connectivity index (χ1n) is 6.97. The molecule has 0 saturated carbocycles. The summed E-state index contributed by atoms with van der Waals surface area (Å²) in [4.78, 5) is 11.0. The molecule has 0 fully saturated rings. The van der Waals surface area contributed by atoms with Gasteiger partial charge in [-0.05, 0) is 23.3 Å². The van der Waals surface area contributed by atoms with Crippen molar-refractivity contribution in [3.63, 3.8) is 0 Å². The zero-order valence-corrected chi connectivity index (χ0v) is 12.7. The number of hydrogen-bond donors (Lipinski definition) is 2. The Morgan fingerprint density at radius 1 is 1.00 bits per heavy atom. The maximum absolute atomic E-state index is 11.0. The highest BCUT2D eigenvalue weighted by molar-refractivity contribution is 7.98. The molecule has 3 N–H and O–H groups in total. The van der Waals surface area contributed by atoms with Crippen LogP contribution in [0.3, 0.4) is 0 Å². The normalized spacial score (nSPS) is 10.5. The van der Waals surface area contributed by atoms with Crippen LogP contribution in [0, 0.1) is 0 Å². The topological polar surface area (TPSA) is 55.1 Å². The number of amides is 1. The van der Waals surface area contributed by atoms with E-state index in [2.05, 4.69) is 29.6 Å². The number of primary amides is 1. The monoisotopic (exact) mass is 300 g/mol. The second-order valence-corrected chi connectivity index (χ2v) is 5.88. The summed E-state index contributed by atoms with van der Waals surface area (Å²) < 4.78 is 0. The quantitative estimate of drug-likeness (QED) is 0.737. The molecule has 4 heteroatoms. The van der Waals surface area contributed by atoms with E-state index in [-0.39, 0.29) is 5.91 Å². The van der Waals surface area contributed by atoms with Crippen molar-refractivity contribution in [2.24, 2.45) is 5.73 Å². The number of carbonyl (C=O) groups excluding carboxylic acids is 1. The third-order valence-electron chi connectivity index (χ3n) is 3.10. The molecule has 0 radical (unpaired) electrons. The molecular formula is C17H20N2OS. The van der Waals surface area contributed by atoms with Gasteiger partial charge < -0.3 is 11.1 Å². The van der Waals surface area contributed by atoms with Crippen molar-refractivity contribution in [2.45, 2.75) is 12.3 Å². The van der Waals surface area contributed by atoms with Gasteiger partial charge in [0.15, 0.2) is 0 Å². The molecule has 0 spiro atoms. The van der Waals surface area contributed by atoms with E-state index in [4.69, 9.17) is 5.73 Å². The van der Waals surface area contributed by atoms with E-state index in [1.54, 1.807) is 12.1 Å². The Kier molecular flexibility index (Phi) is 6.31. The number of benzene rings is 2. The second kappa shape index (κ2) is 8.49. The average molecular weight is 300 g/mol. The Morgan fingerprint density at radius 3 is 2.38 bits per heavy atom. The van der Waals surface area contributed by atoms with Gasteiger partial charge in [-0.3, -0.25) is 4.79 Å². The highest BCUT2D eigenvalue weighted by Gasteiger charge is 1.99. The fourth-order valence-electron chi connectivity index (χ4n) is 1.93. The summed E-state index contributed by atoms with van der Waals surface area (Å²) in [7, 11) is 0. The molecule has 0 aromatic heterocycles. The second-order valence-electron chi connectivity index (χ2n) is 4.78. The molecule has 0 saturated heterocycles. The molecule has 0 bridgehead atoms. The molecule has 0 atom stereocenters. The number of carbonyl (C=O) groups is 1. The van der Waals surface area contributed by atoms with Crippen molar-refractivity contribution in [1.29, 1.82) is 0 Å². The van der Waals surface area contributed by atoms with Crippen LogP contribution in [0.25, 0.3) is 0 Å². The van der Waals surface area contributed by atoms with E-state index in [1.165, 1.54) is 5.56 Å². The van der Waals surface area contributed by atoms with Crippen molar-refractivity contribution in [2.75, 3.05) is 12.3 Å². The van der Waals surface area contributed by atoms with E-state index in [0.29, 0.717) is 5.56 Å². The van der Waals surface area contributed by atoms with Gasteiger partial charge in [-0.1, -0.05) is 42.5 Å². The smallest absolute Gasteiger partial charge is 0.248 e. The number of hydrogen-bond acceptors (Lipinski definition) is 3. The Labute approximate surface area is 129 Å². The van der Waals surface area contributed by atoms with Crippen LogP contribution in [0.4, 0.5) is 0 Å². The molecule has 0 unspecified atom stereocenters.